The third-order valence-electron chi connectivity index (χ3n) is 3.37. The number of hydrogen-bond acceptors (Lipinski definition) is 0. The summed E-state index contributed by atoms with van der Waals surface area (Å²) in [6, 6.07) is 9.07. The fraction of sp³-hybridized carbons (Fsp3) is 0.600. The SMILES string of the molecule is CCCCCCc1ccccc1C1CC1. The predicted molar refractivity (Wildman–Crippen MR) is 66.3 cm³/mol. The first kappa shape index (κ1) is 10.7. The van der Waals surface area contributed by atoms with Crippen LogP contribution in [0.3, 0.4) is 0 Å². The molecule has 0 amide bonds. The second kappa shape index (κ2) is 5.34. The molecule has 0 bridgehead atoms. The largest absolute Gasteiger partial charge is 0.0654 e. The van der Waals surface area contributed by atoms with E-state index in [0.717, 1.165) is 5.92 Å². The normalized spacial score (nSPS) is 15.5. The van der Waals surface area contributed by atoms with E-state index in [-0.39, 0.29) is 0 Å². The second-order valence-corrected chi connectivity index (χ2v) is 4.78. The molecular formula is C15H22. The van der Waals surface area contributed by atoms with Gasteiger partial charge in [-0.05, 0) is 42.7 Å². The van der Waals surface area contributed by atoms with Crippen molar-refractivity contribution < 1.29 is 0 Å². The van der Waals surface area contributed by atoms with Gasteiger partial charge in [0, 0.05) is 0 Å². The van der Waals surface area contributed by atoms with Gasteiger partial charge in [0.05, 0.1) is 0 Å². The summed E-state index contributed by atoms with van der Waals surface area (Å²) in [6.45, 7) is 2.28. The molecule has 0 unspecified atom stereocenters. The Bertz CT molecular complexity index is 297. The zero-order valence-corrected chi connectivity index (χ0v) is 9.84. The highest BCUT2D eigenvalue weighted by molar-refractivity contribution is 5.33. The van der Waals surface area contributed by atoms with Crippen LogP contribution in [0.15, 0.2) is 24.3 Å². The highest BCUT2D eigenvalue weighted by atomic mass is 14.3. The van der Waals surface area contributed by atoms with Crippen LogP contribution in [0.4, 0.5) is 0 Å². The van der Waals surface area contributed by atoms with Crippen molar-refractivity contribution in [3.8, 4) is 0 Å². The number of rotatable bonds is 6. The smallest absolute Gasteiger partial charge is 0.0159 e. The second-order valence-electron chi connectivity index (χ2n) is 4.78. The molecular weight excluding hydrogens is 180 g/mol. The first-order valence-corrected chi connectivity index (χ1v) is 6.49. The molecule has 15 heavy (non-hydrogen) atoms. The van der Waals surface area contributed by atoms with E-state index in [0.29, 0.717) is 0 Å². The lowest BCUT2D eigenvalue weighted by molar-refractivity contribution is 0.664. The van der Waals surface area contributed by atoms with Gasteiger partial charge in [-0.2, -0.15) is 0 Å². The summed E-state index contributed by atoms with van der Waals surface area (Å²) < 4.78 is 0. The van der Waals surface area contributed by atoms with E-state index in [2.05, 4.69) is 31.2 Å². The molecule has 1 aromatic carbocycles. The van der Waals surface area contributed by atoms with Crippen molar-refractivity contribution in [2.45, 2.75) is 57.8 Å². The summed E-state index contributed by atoms with van der Waals surface area (Å²) >= 11 is 0. The predicted octanol–water partition coefficient (Wildman–Crippen LogP) is 4.69. The molecule has 1 saturated carbocycles. The number of unbranched alkanes of at least 4 members (excludes halogenated alkanes) is 3. The standard InChI is InChI=1S/C15H22/c1-2-3-4-5-8-13-9-6-7-10-15(13)14-11-12-14/h6-7,9-10,14H,2-5,8,11-12H2,1H3. The highest BCUT2D eigenvalue weighted by Crippen LogP contribution is 2.41. The van der Waals surface area contributed by atoms with Gasteiger partial charge in [0.2, 0.25) is 0 Å². The minimum atomic E-state index is 0.910. The number of hydrogen-bond donors (Lipinski definition) is 0. The van der Waals surface area contributed by atoms with Crippen molar-refractivity contribution in [1.82, 2.24) is 0 Å². The van der Waals surface area contributed by atoms with Gasteiger partial charge in [-0.15, -0.1) is 0 Å². The van der Waals surface area contributed by atoms with Gasteiger partial charge in [0.25, 0.3) is 0 Å². The summed E-state index contributed by atoms with van der Waals surface area (Å²) in [5, 5.41) is 0. The van der Waals surface area contributed by atoms with Crippen molar-refractivity contribution in [1.29, 1.82) is 0 Å². The maximum absolute atomic E-state index is 2.34. The van der Waals surface area contributed by atoms with Crippen LogP contribution in [0.25, 0.3) is 0 Å². The molecule has 1 aliphatic carbocycles. The molecule has 0 saturated heterocycles. The molecule has 0 spiro atoms. The number of benzene rings is 1. The molecule has 0 atom stereocenters. The molecule has 1 aromatic rings. The average Bonchev–Trinajstić information content (AvgIpc) is 3.09. The Morgan fingerprint density at radius 1 is 1.07 bits per heavy atom. The first-order valence-electron chi connectivity index (χ1n) is 6.49. The minimum absolute atomic E-state index is 0.910. The molecule has 1 fully saturated rings. The van der Waals surface area contributed by atoms with Crippen LogP contribution in [0, 0.1) is 0 Å². The molecule has 2 rings (SSSR count). The molecule has 1 aliphatic rings. The van der Waals surface area contributed by atoms with Crippen LogP contribution in [0.1, 0.15) is 62.5 Å². The van der Waals surface area contributed by atoms with Gasteiger partial charge < -0.3 is 0 Å². The van der Waals surface area contributed by atoms with Gasteiger partial charge >= 0.3 is 0 Å². The third kappa shape index (κ3) is 3.09. The van der Waals surface area contributed by atoms with E-state index in [9.17, 15) is 0 Å². The minimum Gasteiger partial charge on any atom is -0.0654 e. The topological polar surface area (TPSA) is 0 Å². The van der Waals surface area contributed by atoms with Crippen LogP contribution in [0.5, 0.6) is 0 Å². The Hall–Kier alpha value is -0.780. The van der Waals surface area contributed by atoms with Crippen molar-refractivity contribution in [2.24, 2.45) is 0 Å². The van der Waals surface area contributed by atoms with Crippen molar-refractivity contribution >= 4 is 0 Å². The molecule has 82 valence electrons. The van der Waals surface area contributed by atoms with Crippen LogP contribution in [-0.4, -0.2) is 0 Å². The molecule has 0 heterocycles. The van der Waals surface area contributed by atoms with Crippen LogP contribution in [0.2, 0.25) is 0 Å². The zero-order valence-electron chi connectivity index (χ0n) is 9.84. The summed E-state index contributed by atoms with van der Waals surface area (Å²) in [7, 11) is 0. The fourth-order valence-electron chi connectivity index (χ4n) is 2.30. The van der Waals surface area contributed by atoms with Crippen molar-refractivity contribution in [3.63, 3.8) is 0 Å². The third-order valence-corrected chi connectivity index (χ3v) is 3.37. The van der Waals surface area contributed by atoms with Crippen molar-refractivity contribution in [3.05, 3.63) is 35.4 Å². The molecule has 0 nitrogen and oxygen atoms in total. The van der Waals surface area contributed by atoms with E-state index in [4.69, 9.17) is 0 Å². The van der Waals surface area contributed by atoms with Gasteiger partial charge in [-0.3, -0.25) is 0 Å². The lowest BCUT2D eigenvalue weighted by Gasteiger charge is -2.07. The molecule has 0 radical (unpaired) electrons. The van der Waals surface area contributed by atoms with Crippen LogP contribution < -0.4 is 0 Å². The molecule has 0 N–H and O–H groups in total. The molecule has 0 heteroatoms. The van der Waals surface area contributed by atoms with E-state index in [1.165, 1.54) is 44.9 Å². The Morgan fingerprint density at radius 3 is 2.60 bits per heavy atom. The van der Waals surface area contributed by atoms with Crippen LogP contribution in [-0.2, 0) is 6.42 Å². The summed E-state index contributed by atoms with van der Waals surface area (Å²) in [5.41, 5.74) is 3.27. The van der Waals surface area contributed by atoms with Gasteiger partial charge in [0.1, 0.15) is 0 Å². The zero-order chi connectivity index (χ0) is 10.5. The summed E-state index contributed by atoms with van der Waals surface area (Å²) in [4.78, 5) is 0. The Balaban J connectivity index is 1.89. The maximum atomic E-state index is 2.34. The van der Waals surface area contributed by atoms with E-state index >= 15 is 0 Å². The quantitative estimate of drug-likeness (QED) is 0.587. The monoisotopic (exact) mass is 202 g/mol. The lowest BCUT2D eigenvalue weighted by atomic mass is 9.98. The van der Waals surface area contributed by atoms with Crippen LogP contribution >= 0.6 is 0 Å². The Labute approximate surface area is 93.7 Å². The summed E-state index contributed by atoms with van der Waals surface area (Å²) in [5.74, 6) is 0.910. The highest BCUT2D eigenvalue weighted by Gasteiger charge is 2.25. The lowest BCUT2D eigenvalue weighted by Crippen LogP contribution is -1.92. The number of aryl methyl sites for hydroxylation is 1. The van der Waals surface area contributed by atoms with E-state index < -0.39 is 0 Å². The Kier molecular flexibility index (Phi) is 3.82. The van der Waals surface area contributed by atoms with Crippen molar-refractivity contribution in [2.75, 3.05) is 0 Å². The van der Waals surface area contributed by atoms with Gasteiger partial charge in [-0.1, -0.05) is 50.5 Å². The van der Waals surface area contributed by atoms with Gasteiger partial charge in [0.15, 0.2) is 0 Å². The van der Waals surface area contributed by atoms with E-state index in [1.54, 1.807) is 11.1 Å². The average molecular weight is 202 g/mol. The maximum Gasteiger partial charge on any atom is -0.0159 e. The molecule has 0 aliphatic heterocycles. The summed E-state index contributed by atoms with van der Waals surface area (Å²) in [6.07, 6.45) is 9.65. The van der Waals surface area contributed by atoms with Gasteiger partial charge in [-0.25, -0.2) is 0 Å². The fourth-order valence-corrected chi connectivity index (χ4v) is 2.30. The Morgan fingerprint density at radius 2 is 1.87 bits per heavy atom. The molecule has 0 aromatic heterocycles. The first-order chi connectivity index (χ1) is 7.42. The van der Waals surface area contributed by atoms with E-state index in [1.807, 2.05) is 0 Å².